The molecule has 2 N–H and O–H groups in total. The lowest BCUT2D eigenvalue weighted by Crippen LogP contribution is -2.56. The second-order valence-electron chi connectivity index (χ2n) is 15.1. The fourth-order valence-electron chi connectivity index (χ4n) is 9.26. The Morgan fingerprint density at radius 1 is 1.09 bits per heavy atom. The number of terminal acetylenes is 1. The highest BCUT2D eigenvalue weighted by molar-refractivity contribution is 6.03. The van der Waals surface area contributed by atoms with Gasteiger partial charge in [0.2, 0.25) is 0 Å². The van der Waals surface area contributed by atoms with Gasteiger partial charge in [-0.3, -0.25) is 19.5 Å². The molecule has 13 heteroatoms. The molecule has 57 heavy (non-hydrogen) atoms. The number of phenols is 1. The lowest BCUT2D eigenvalue weighted by atomic mass is 9.95. The largest absolute Gasteiger partial charge is 0.508 e. The topological polar surface area (TPSA) is 124 Å². The second kappa shape index (κ2) is 15.4. The standard InChI is InChI=1S/C41H39F2N7O3.C3H4O/c1-3-30-33(42)13-8-25-18-29(51)19-31(34(25)30)36-35(43)37-32(20-45-36)38(47-40(46-37)53-23-41-14-4-16-49(41)17-5-15-41)48-21-27-11-12-28(22-48)50(27)39(52)24-6-9-26(44-2)10-7-24;1-2-3-4/h1,6-10,13,18-20,27-28,44,51H,4-5,11-12,14-17,21-23H2,2H3;2-3H,1H2. The summed E-state index contributed by atoms with van der Waals surface area (Å²) in [5.41, 5.74) is 1.43. The zero-order valence-corrected chi connectivity index (χ0v) is 31.7. The van der Waals surface area contributed by atoms with Crippen molar-refractivity contribution in [3.05, 3.63) is 90.1 Å². The number of hydrogen-bond acceptors (Lipinski definition) is 10. The molecule has 0 aliphatic carbocycles. The van der Waals surface area contributed by atoms with Crippen LogP contribution in [0.25, 0.3) is 32.9 Å². The highest BCUT2D eigenvalue weighted by Crippen LogP contribution is 2.42. The van der Waals surface area contributed by atoms with Gasteiger partial charge in [0.1, 0.15) is 41.5 Å². The van der Waals surface area contributed by atoms with E-state index in [9.17, 15) is 14.3 Å². The maximum atomic E-state index is 17.1. The molecule has 4 fully saturated rings. The van der Waals surface area contributed by atoms with E-state index < -0.39 is 11.6 Å². The van der Waals surface area contributed by atoms with E-state index in [-0.39, 0.29) is 63.0 Å². The number of phenolic OH excluding ortho intramolecular Hbond substituents is 1. The van der Waals surface area contributed by atoms with Gasteiger partial charge in [0.15, 0.2) is 5.82 Å². The third-order valence-corrected chi connectivity index (χ3v) is 11.9. The summed E-state index contributed by atoms with van der Waals surface area (Å²) in [6.07, 6.45) is 15.0. The van der Waals surface area contributed by atoms with Crippen LogP contribution >= 0.6 is 0 Å². The van der Waals surface area contributed by atoms with E-state index in [2.05, 4.69) is 37.6 Å². The minimum absolute atomic E-state index is 0.00664. The minimum atomic E-state index is -0.765. The molecule has 2 aromatic heterocycles. The Bertz CT molecular complexity index is 2410. The second-order valence-corrected chi connectivity index (χ2v) is 15.1. The zero-order chi connectivity index (χ0) is 39.8. The molecular formula is C44H43F2N7O4. The molecule has 3 aromatic carbocycles. The molecule has 0 saturated carbocycles. The quantitative estimate of drug-likeness (QED) is 0.0999. The third-order valence-electron chi connectivity index (χ3n) is 11.9. The van der Waals surface area contributed by atoms with Gasteiger partial charge in [-0.15, -0.1) is 6.42 Å². The number of nitrogens with one attached hydrogen (secondary N) is 1. The third kappa shape index (κ3) is 6.78. The average molecular weight is 772 g/mol. The van der Waals surface area contributed by atoms with Crippen LogP contribution in [0, 0.1) is 24.0 Å². The van der Waals surface area contributed by atoms with E-state index in [1.165, 1.54) is 36.5 Å². The highest BCUT2D eigenvalue weighted by Gasteiger charge is 2.46. The smallest absolute Gasteiger partial charge is 0.319 e. The van der Waals surface area contributed by atoms with Crippen molar-refractivity contribution in [1.82, 2.24) is 24.8 Å². The van der Waals surface area contributed by atoms with Crippen molar-refractivity contribution in [2.24, 2.45) is 0 Å². The van der Waals surface area contributed by atoms with Crippen LogP contribution in [0.2, 0.25) is 0 Å². The van der Waals surface area contributed by atoms with Gasteiger partial charge >= 0.3 is 6.01 Å². The first kappa shape index (κ1) is 37.8. The summed E-state index contributed by atoms with van der Waals surface area (Å²) in [6, 6.07) is 12.9. The Morgan fingerprint density at radius 3 is 2.44 bits per heavy atom. The van der Waals surface area contributed by atoms with Crippen molar-refractivity contribution in [3.8, 4) is 35.4 Å². The number of amides is 1. The number of allylic oxidation sites excluding steroid dienone is 1. The first-order valence-electron chi connectivity index (χ1n) is 19.3. The van der Waals surface area contributed by atoms with Crippen molar-refractivity contribution in [1.29, 1.82) is 0 Å². The molecule has 4 aliphatic rings. The molecule has 1 amide bonds. The first-order chi connectivity index (χ1) is 27.7. The van der Waals surface area contributed by atoms with Crippen molar-refractivity contribution in [2.45, 2.75) is 56.1 Å². The van der Waals surface area contributed by atoms with Gasteiger partial charge in [-0.25, -0.2) is 8.78 Å². The molecule has 11 nitrogen and oxygen atoms in total. The number of hydrogen-bond donors (Lipinski definition) is 2. The summed E-state index contributed by atoms with van der Waals surface area (Å²) in [4.78, 5) is 43.6. The molecule has 0 radical (unpaired) electrons. The molecule has 9 rings (SSSR count). The van der Waals surface area contributed by atoms with E-state index in [1.54, 1.807) is 0 Å². The van der Waals surface area contributed by atoms with Crippen molar-refractivity contribution < 1.29 is 28.2 Å². The molecule has 2 bridgehead atoms. The summed E-state index contributed by atoms with van der Waals surface area (Å²) in [5, 5.41) is 14.8. The minimum Gasteiger partial charge on any atom is -0.508 e. The highest BCUT2D eigenvalue weighted by atomic mass is 19.1. The van der Waals surface area contributed by atoms with Gasteiger partial charge in [-0.1, -0.05) is 18.6 Å². The van der Waals surface area contributed by atoms with Crippen LogP contribution in [0.15, 0.2) is 67.4 Å². The first-order valence-corrected chi connectivity index (χ1v) is 19.3. The van der Waals surface area contributed by atoms with Crippen LogP contribution in [0.3, 0.4) is 0 Å². The van der Waals surface area contributed by atoms with Crippen LogP contribution in [0.5, 0.6) is 11.8 Å². The van der Waals surface area contributed by atoms with Gasteiger partial charge < -0.3 is 25.0 Å². The molecule has 4 saturated heterocycles. The summed E-state index contributed by atoms with van der Waals surface area (Å²) >= 11 is 0. The lowest BCUT2D eigenvalue weighted by molar-refractivity contribution is -0.104. The summed E-state index contributed by atoms with van der Waals surface area (Å²) in [5.74, 6) is 1.32. The van der Waals surface area contributed by atoms with E-state index in [4.69, 9.17) is 20.9 Å². The van der Waals surface area contributed by atoms with Gasteiger partial charge in [-0.05, 0) is 106 Å². The van der Waals surface area contributed by atoms with Crippen LogP contribution in [-0.2, 0) is 4.79 Å². The number of anilines is 2. The summed E-state index contributed by atoms with van der Waals surface area (Å²) < 4.78 is 38.5. The molecule has 5 aromatic rings. The molecule has 2 unspecified atom stereocenters. The maximum Gasteiger partial charge on any atom is 0.319 e. The van der Waals surface area contributed by atoms with Crippen LogP contribution in [0.4, 0.5) is 20.3 Å². The van der Waals surface area contributed by atoms with Crippen molar-refractivity contribution in [2.75, 3.05) is 50.1 Å². The number of benzene rings is 3. The number of ether oxygens (including phenoxy) is 1. The Kier molecular flexibility index (Phi) is 10.2. The Hall–Kier alpha value is -6.13. The number of rotatable bonds is 8. The number of fused-ring (bicyclic) bond motifs is 5. The molecule has 2 atom stereocenters. The summed E-state index contributed by atoms with van der Waals surface area (Å²) in [6.45, 7) is 6.54. The number of carbonyl (C=O) groups excluding carboxylic acids is 2. The zero-order valence-electron chi connectivity index (χ0n) is 31.7. The monoisotopic (exact) mass is 771 g/mol. The number of aromatic nitrogens is 3. The fraction of sp³-hybridized carbons (Fsp3) is 0.341. The predicted molar refractivity (Wildman–Crippen MR) is 215 cm³/mol. The van der Waals surface area contributed by atoms with E-state index in [0.717, 1.165) is 57.3 Å². The molecule has 6 heterocycles. The van der Waals surface area contributed by atoms with Gasteiger partial charge in [0.05, 0.1) is 28.6 Å². The van der Waals surface area contributed by atoms with E-state index >= 15 is 4.39 Å². The number of halogens is 2. The van der Waals surface area contributed by atoms with Crippen LogP contribution in [-0.4, -0.2) is 99.5 Å². The number of aromatic hydroxyl groups is 1. The number of piperazine rings is 1. The van der Waals surface area contributed by atoms with Gasteiger partial charge in [0.25, 0.3) is 5.91 Å². The van der Waals surface area contributed by atoms with Gasteiger partial charge in [-0.2, -0.15) is 9.97 Å². The summed E-state index contributed by atoms with van der Waals surface area (Å²) in [7, 11) is 1.84. The van der Waals surface area contributed by atoms with E-state index in [0.29, 0.717) is 48.1 Å². The van der Waals surface area contributed by atoms with Crippen molar-refractivity contribution in [3.63, 3.8) is 0 Å². The van der Waals surface area contributed by atoms with Crippen molar-refractivity contribution >= 4 is 45.4 Å². The number of aldehydes is 1. The number of carbonyl (C=O) groups is 2. The molecule has 0 spiro atoms. The van der Waals surface area contributed by atoms with E-state index in [1.807, 2.05) is 36.2 Å². The molecule has 4 aliphatic heterocycles. The Morgan fingerprint density at radius 2 is 1.79 bits per heavy atom. The van der Waals surface area contributed by atoms with Crippen LogP contribution < -0.4 is 15.0 Å². The number of nitrogens with zero attached hydrogens (tertiary/aromatic N) is 6. The van der Waals surface area contributed by atoms with Crippen LogP contribution in [0.1, 0.15) is 54.4 Å². The Balaban J connectivity index is 0.00000109. The maximum absolute atomic E-state index is 17.1. The SMILES string of the molecule is C#Cc1c(F)ccc2cc(O)cc(-c3ncc4c(N5CC6CCC(C5)N6C(=O)c5ccc(NC)cc5)nc(OCC56CCCN5CCC6)nc4c3F)c12.C=CC=O. The number of pyridine rings is 1. The van der Waals surface area contributed by atoms with Gasteiger partial charge in [0, 0.05) is 48.5 Å². The average Bonchev–Trinajstić information content (AvgIpc) is 3.90. The predicted octanol–water partition coefficient (Wildman–Crippen LogP) is 6.72. The molecular weight excluding hydrogens is 729 g/mol. The lowest BCUT2D eigenvalue weighted by Gasteiger charge is -2.42. The normalized spacial score (nSPS) is 19.5. The molecule has 292 valence electrons. The fourth-order valence-corrected chi connectivity index (χ4v) is 9.26. The Labute approximate surface area is 329 Å².